The Morgan fingerprint density at radius 3 is 2.15 bits per heavy atom. The molecule has 0 saturated carbocycles. The first-order valence-corrected chi connectivity index (χ1v) is 9.92. The van der Waals surface area contributed by atoms with E-state index < -0.39 is 6.10 Å². The van der Waals surface area contributed by atoms with Gasteiger partial charge in [-0.2, -0.15) is 0 Å². The summed E-state index contributed by atoms with van der Waals surface area (Å²) in [6, 6.07) is 17.3. The smallest absolute Gasteiger partial charge is 0.0814 e. The Morgan fingerprint density at radius 2 is 1.56 bits per heavy atom. The molecule has 144 valence electrons. The molecule has 2 atom stereocenters. The van der Waals surface area contributed by atoms with Crippen molar-refractivity contribution in [2.45, 2.75) is 71.1 Å². The number of aliphatic hydroxyl groups is 1. The Hall–Kier alpha value is -1.90. The van der Waals surface area contributed by atoms with E-state index in [4.69, 9.17) is 0 Å². The standard InChI is InChI=1S/C25H33NO/c1-24(2,3)18-13-11-17(12-14-18)15-21-19-9-7-8-10-20(19)22(16-23(21)27)26-25(4,5)6/h7-15,22-23,26-27H,16H2,1-6H3/b21-15-. The van der Waals surface area contributed by atoms with Crippen LogP contribution >= 0.6 is 0 Å². The molecule has 2 unspecified atom stereocenters. The van der Waals surface area contributed by atoms with Gasteiger partial charge < -0.3 is 10.4 Å². The molecule has 0 aromatic heterocycles. The van der Waals surface area contributed by atoms with Crippen molar-refractivity contribution >= 4 is 11.6 Å². The van der Waals surface area contributed by atoms with Gasteiger partial charge in [-0.25, -0.2) is 0 Å². The van der Waals surface area contributed by atoms with Crippen molar-refractivity contribution in [3.63, 3.8) is 0 Å². The second-order valence-electron chi connectivity index (χ2n) is 9.76. The van der Waals surface area contributed by atoms with Gasteiger partial charge in [-0.1, -0.05) is 69.3 Å². The third-order valence-electron chi connectivity index (χ3n) is 5.17. The van der Waals surface area contributed by atoms with Gasteiger partial charge in [-0.05, 0) is 66.5 Å². The van der Waals surface area contributed by atoms with E-state index in [2.05, 4.69) is 101 Å². The van der Waals surface area contributed by atoms with Crippen LogP contribution in [-0.4, -0.2) is 16.7 Å². The summed E-state index contributed by atoms with van der Waals surface area (Å²) >= 11 is 0. The van der Waals surface area contributed by atoms with Crippen molar-refractivity contribution in [3.8, 4) is 0 Å². The summed E-state index contributed by atoms with van der Waals surface area (Å²) in [5.41, 5.74) is 6.04. The number of nitrogens with one attached hydrogen (secondary N) is 1. The minimum Gasteiger partial charge on any atom is -0.388 e. The molecule has 0 fully saturated rings. The van der Waals surface area contributed by atoms with Crippen LogP contribution < -0.4 is 5.32 Å². The van der Waals surface area contributed by atoms with E-state index in [0.717, 1.165) is 16.7 Å². The second-order valence-corrected chi connectivity index (χ2v) is 9.76. The van der Waals surface area contributed by atoms with E-state index >= 15 is 0 Å². The topological polar surface area (TPSA) is 32.3 Å². The molecule has 2 heteroatoms. The third-order valence-corrected chi connectivity index (χ3v) is 5.17. The van der Waals surface area contributed by atoms with Crippen molar-refractivity contribution in [2.75, 3.05) is 0 Å². The monoisotopic (exact) mass is 363 g/mol. The van der Waals surface area contributed by atoms with Crippen LogP contribution in [0.5, 0.6) is 0 Å². The minimum absolute atomic E-state index is 0.00149. The molecule has 0 spiro atoms. The summed E-state index contributed by atoms with van der Waals surface area (Å²) in [5.74, 6) is 0. The van der Waals surface area contributed by atoms with Gasteiger partial charge in [-0.15, -0.1) is 0 Å². The molecule has 2 nitrogen and oxygen atoms in total. The summed E-state index contributed by atoms with van der Waals surface area (Å²) in [6.45, 7) is 13.2. The van der Waals surface area contributed by atoms with E-state index in [-0.39, 0.29) is 17.0 Å². The minimum atomic E-state index is -0.470. The highest BCUT2D eigenvalue weighted by Gasteiger charge is 2.31. The van der Waals surface area contributed by atoms with Crippen LogP contribution in [0.1, 0.15) is 76.3 Å². The van der Waals surface area contributed by atoms with E-state index in [1.165, 1.54) is 11.1 Å². The normalized spacial score (nSPS) is 22.0. The maximum atomic E-state index is 10.9. The number of benzene rings is 2. The van der Waals surface area contributed by atoms with Crippen molar-refractivity contribution in [1.29, 1.82) is 0 Å². The first-order chi connectivity index (χ1) is 12.5. The molecule has 0 radical (unpaired) electrons. The Kier molecular flexibility index (Phi) is 5.33. The Labute approximate surface area is 164 Å². The summed E-state index contributed by atoms with van der Waals surface area (Å²) < 4.78 is 0. The Balaban J connectivity index is 1.98. The van der Waals surface area contributed by atoms with Crippen LogP contribution in [0.3, 0.4) is 0 Å². The van der Waals surface area contributed by atoms with E-state index in [0.29, 0.717) is 6.42 Å². The first-order valence-electron chi connectivity index (χ1n) is 9.92. The third kappa shape index (κ3) is 4.69. The summed E-state index contributed by atoms with van der Waals surface area (Å²) in [5, 5.41) is 14.6. The molecule has 1 aliphatic rings. The van der Waals surface area contributed by atoms with Crippen LogP contribution in [0.4, 0.5) is 0 Å². The van der Waals surface area contributed by atoms with Crippen molar-refractivity contribution in [2.24, 2.45) is 0 Å². The molecule has 27 heavy (non-hydrogen) atoms. The fourth-order valence-corrected chi connectivity index (χ4v) is 3.81. The second kappa shape index (κ2) is 7.26. The van der Waals surface area contributed by atoms with Crippen LogP contribution in [-0.2, 0) is 5.41 Å². The van der Waals surface area contributed by atoms with E-state index in [1.54, 1.807) is 0 Å². The SMILES string of the molecule is CC(C)(C)NC1CC(O)/C(=C\c2ccc(C(C)(C)C)cc2)c2ccccc21. The van der Waals surface area contributed by atoms with Crippen LogP contribution in [0.2, 0.25) is 0 Å². The van der Waals surface area contributed by atoms with Crippen molar-refractivity contribution < 1.29 is 5.11 Å². The van der Waals surface area contributed by atoms with Gasteiger partial charge >= 0.3 is 0 Å². The number of aliphatic hydroxyl groups excluding tert-OH is 1. The van der Waals surface area contributed by atoms with Crippen LogP contribution in [0.15, 0.2) is 48.5 Å². The number of hydrogen-bond acceptors (Lipinski definition) is 2. The molecule has 2 N–H and O–H groups in total. The van der Waals surface area contributed by atoms with Gasteiger partial charge in [-0.3, -0.25) is 0 Å². The van der Waals surface area contributed by atoms with E-state index in [1.807, 2.05) is 0 Å². The van der Waals surface area contributed by atoms with Gasteiger partial charge in [0.25, 0.3) is 0 Å². The molecular weight excluding hydrogens is 330 g/mol. The average molecular weight is 364 g/mol. The first kappa shape index (κ1) is 19.9. The number of rotatable bonds is 2. The maximum Gasteiger partial charge on any atom is 0.0814 e. The maximum absolute atomic E-state index is 10.9. The van der Waals surface area contributed by atoms with Crippen molar-refractivity contribution in [3.05, 3.63) is 70.8 Å². The zero-order chi connectivity index (χ0) is 19.8. The van der Waals surface area contributed by atoms with E-state index in [9.17, 15) is 5.11 Å². The van der Waals surface area contributed by atoms with Gasteiger partial charge in [0.1, 0.15) is 0 Å². The summed E-state index contributed by atoms with van der Waals surface area (Å²) in [7, 11) is 0. The van der Waals surface area contributed by atoms with Crippen molar-refractivity contribution in [1.82, 2.24) is 5.32 Å². The lowest BCUT2D eigenvalue weighted by molar-refractivity contribution is 0.187. The van der Waals surface area contributed by atoms with Gasteiger partial charge in [0.2, 0.25) is 0 Å². The lowest BCUT2D eigenvalue weighted by Gasteiger charge is -2.36. The highest BCUT2D eigenvalue weighted by Crippen LogP contribution is 2.39. The molecule has 0 aliphatic heterocycles. The summed E-state index contributed by atoms with van der Waals surface area (Å²) in [4.78, 5) is 0. The fraction of sp³-hybridized carbons (Fsp3) is 0.440. The lowest BCUT2D eigenvalue weighted by atomic mass is 9.80. The zero-order valence-electron chi connectivity index (χ0n) is 17.5. The Morgan fingerprint density at radius 1 is 0.926 bits per heavy atom. The molecule has 0 amide bonds. The van der Waals surface area contributed by atoms with Gasteiger partial charge in [0.15, 0.2) is 0 Å². The average Bonchev–Trinajstić information content (AvgIpc) is 2.57. The van der Waals surface area contributed by atoms with Gasteiger partial charge in [0.05, 0.1) is 6.10 Å². The fourth-order valence-electron chi connectivity index (χ4n) is 3.81. The number of fused-ring (bicyclic) bond motifs is 1. The Bertz CT molecular complexity index is 819. The largest absolute Gasteiger partial charge is 0.388 e. The molecule has 0 bridgehead atoms. The highest BCUT2D eigenvalue weighted by atomic mass is 16.3. The summed E-state index contributed by atoms with van der Waals surface area (Å²) in [6.07, 6.45) is 2.37. The molecule has 0 heterocycles. The van der Waals surface area contributed by atoms with Crippen LogP contribution in [0, 0.1) is 0 Å². The predicted octanol–water partition coefficient (Wildman–Crippen LogP) is 5.72. The quantitative estimate of drug-likeness (QED) is 0.715. The predicted molar refractivity (Wildman–Crippen MR) is 116 cm³/mol. The molecule has 2 aromatic carbocycles. The molecule has 0 saturated heterocycles. The molecular formula is C25H33NO. The molecule has 2 aromatic rings. The molecule has 3 rings (SSSR count). The van der Waals surface area contributed by atoms with Crippen LogP contribution in [0.25, 0.3) is 11.6 Å². The highest BCUT2D eigenvalue weighted by molar-refractivity contribution is 5.86. The lowest BCUT2D eigenvalue weighted by Crippen LogP contribution is -2.42. The number of hydrogen-bond donors (Lipinski definition) is 2. The molecule has 1 aliphatic carbocycles. The zero-order valence-corrected chi connectivity index (χ0v) is 17.5. The van der Waals surface area contributed by atoms with Gasteiger partial charge in [0, 0.05) is 11.6 Å².